The van der Waals surface area contributed by atoms with Gasteiger partial charge in [0.05, 0.1) is 29.2 Å². The topological polar surface area (TPSA) is 60.5 Å². The predicted molar refractivity (Wildman–Crippen MR) is 120 cm³/mol. The number of halogens is 1. The lowest BCUT2D eigenvalue weighted by Gasteiger charge is -2.17. The van der Waals surface area contributed by atoms with Crippen molar-refractivity contribution in [3.05, 3.63) is 82.6 Å². The molecule has 0 aliphatic heterocycles. The lowest BCUT2D eigenvalue weighted by Crippen LogP contribution is -2.16. The van der Waals surface area contributed by atoms with Crippen LogP contribution < -0.4 is 10.1 Å². The van der Waals surface area contributed by atoms with E-state index in [9.17, 15) is 4.79 Å². The zero-order valence-electron chi connectivity index (χ0n) is 17.5. The average Bonchev–Trinajstić information content (AvgIpc) is 2.69. The molecule has 0 spiro atoms. The van der Waals surface area contributed by atoms with Crippen molar-refractivity contribution in [3.63, 3.8) is 0 Å². The molecule has 1 atom stereocenters. The summed E-state index contributed by atoms with van der Waals surface area (Å²) in [7, 11) is 0. The summed E-state index contributed by atoms with van der Waals surface area (Å²) in [5.41, 5.74) is 2.60. The van der Waals surface area contributed by atoms with Gasteiger partial charge >= 0.3 is 0 Å². The van der Waals surface area contributed by atoms with Crippen molar-refractivity contribution in [2.75, 3.05) is 5.32 Å². The summed E-state index contributed by atoms with van der Waals surface area (Å²) in [4.78, 5) is 17.3. The van der Waals surface area contributed by atoms with Crippen LogP contribution in [0.2, 0.25) is 5.02 Å². The Balaban J connectivity index is 1.70. The average molecular weight is 425 g/mol. The zero-order chi connectivity index (χ0) is 21.7. The number of nitrogens with zero attached hydrogens (tertiary/aromatic N) is 1. The number of hydrogen-bond donors (Lipinski definition) is 1. The first-order chi connectivity index (χ1) is 14.3. The van der Waals surface area contributed by atoms with Gasteiger partial charge in [0.1, 0.15) is 11.5 Å². The first-order valence-electron chi connectivity index (χ1n) is 9.79. The molecule has 1 unspecified atom stereocenters. The molecule has 3 rings (SSSR count). The summed E-state index contributed by atoms with van der Waals surface area (Å²) in [5.74, 6) is 1.05. The second-order valence-electron chi connectivity index (χ2n) is 7.23. The van der Waals surface area contributed by atoms with Crippen molar-refractivity contribution in [2.24, 2.45) is 0 Å². The first-order valence-corrected chi connectivity index (χ1v) is 10.2. The Morgan fingerprint density at radius 2 is 1.73 bits per heavy atom. The molecule has 1 amide bonds. The molecule has 1 aromatic heterocycles. The number of carbonyl (C=O) groups excluding carboxylic acids is 1. The minimum Gasteiger partial charge on any atom is -0.457 e. The molecule has 1 N–H and O–H groups in total. The molecule has 30 heavy (non-hydrogen) atoms. The lowest BCUT2D eigenvalue weighted by molar-refractivity contribution is 0.0154. The third kappa shape index (κ3) is 5.81. The molecule has 156 valence electrons. The minimum atomic E-state index is -0.229. The largest absolute Gasteiger partial charge is 0.457 e. The molecule has 5 nitrogen and oxygen atoms in total. The number of nitrogens with one attached hydrogen (secondary N) is 1. The second kappa shape index (κ2) is 9.74. The monoisotopic (exact) mass is 424 g/mol. The standard InChI is InChI=1S/C24H25ClN2O3/c1-15(2)29-17(4)23-13-12-22(16(3)26-23)24(28)27-19-6-5-7-21(14-19)30-20-10-8-18(25)9-11-20/h5-15,17H,1-4H3,(H,27,28). The van der Waals surface area contributed by atoms with Gasteiger partial charge < -0.3 is 14.8 Å². The zero-order valence-corrected chi connectivity index (χ0v) is 18.2. The lowest BCUT2D eigenvalue weighted by atomic mass is 10.1. The van der Waals surface area contributed by atoms with Crippen molar-refractivity contribution in [1.29, 1.82) is 0 Å². The van der Waals surface area contributed by atoms with Gasteiger partial charge in [-0.1, -0.05) is 17.7 Å². The summed E-state index contributed by atoms with van der Waals surface area (Å²) >= 11 is 5.90. The minimum absolute atomic E-state index is 0.104. The fraction of sp³-hybridized carbons (Fsp3) is 0.250. The summed E-state index contributed by atoms with van der Waals surface area (Å²) in [6.07, 6.45) is -0.0324. The van der Waals surface area contributed by atoms with Crippen molar-refractivity contribution >= 4 is 23.2 Å². The van der Waals surface area contributed by atoms with Crippen LogP contribution in [0.5, 0.6) is 11.5 Å². The van der Waals surface area contributed by atoms with Gasteiger partial charge in [0.15, 0.2) is 0 Å². The maximum absolute atomic E-state index is 12.8. The molecule has 3 aromatic rings. The second-order valence-corrected chi connectivity index (χ2v) is 7.67. The van der Waals surface area contributed by atoms with Crippen molar-refractivity contribution in [1.82, 2.24) is 4.98 Å². The quantitative estimate of drug-likeness (QED) is 0.465. The van der Waals surface area contributed by atoms with Crippen molar-refractivity contribution < 1.29 is 14.3 Å². The normalized spacial score (nSPS) is 11.9. The number of amides is 1. The van der Waals surface area contributed by atoms with Crippen LogP contribution in [0.15, 0.2) is 60.7 Å². The van der Waals surface area contributed by atoms with Crippen LogP contribution in [-0.2, 0) is 4.74 Å². The molecule has 1 heterocycles. The van der Waals surface area contributed by atoms with Crippen LogP contribution in [0.3, 0.4) is 0 Å². The number of aryl methyl sites for hydroxylation is 1. The summed E-state index contributed by atoms with van der Waals surface area (Å²) < 4.78 is 11.6. The molecular weight excluding hydrogens is 400 g/mol. The van der Waals surface area contributed by atoms with Gasteiger partial charge in [0.2, 0.25) is 0 Å². The fourth-order valence-corrected chi connectivity index (χ4v) is 3.13. The molecule has 0 aliphatic rings. The third-order valence-corrected chi connectivity index (χ3v) is 4.64. The SMILES string of the molecule is Cc1nc(C(C)OC(C)C)ccc1C(=O)Nc1cccc(Oc2ccc(Cl)cc2)c1. The Kier molecular flexibility index (Phi) is 7.08. The van der Waals surface area contributed by atoms with Gasteiger partial charge in [0, 0.05) is 16.8 Å². The van der Waals surface area contributed by atoms with Gasteiger partial charge in [-0.2, -0.15) is 0 Å². The van der Waals surface area contributed by atoms with Crippen molar-refractivity contribution in [3.8, 4) is 11.5 Å². The van der Waals surface area contributed by atoms with E-state index in [0.717, 1.165) is 5.69 Å². The summed E-state index contributed by atoms with van der Waals surface area (Å²) in [6.45, 7) is 7.74. The highest BCUT2D eigenvalue weighted by Gasteiger charge is 2.15. The van der Waals surface area contributed by atoms with Gasteiger partial charge in [-0.05, 0) is 76.2 Å². The fourth-order valence-electron chi connectivity index (χ4n) is 3.00. The molecule has 0 radical (unpaired) electrons. The third-order valence-electron chi connectivity index (χ3n) is 4.39. The van der Waals surface area contributed by atoms with Crippen LogP contribution in [0.25, 0.3) is 0 Å². The number of aromatic nitrogens is 1. The highest BCUT2D eigenvalue weighted by molar-refractivity contribution is 6.30. The Hall–Kier alpha value is -2.89. The van der Waals surface area contributed by atoms with Crippen LogP contribution in [-0.4, -0.2) is 17.0 Å². The predicted octanol–water partition coefficient (Wildman–Crippen LogP) is 6.57. The Bertz CT molecular complexity index is 1020. The van der Waals surface area contributed by atoms with E-state index in [4.69, 9.17) is 21.1 Å². The van der Waals surface area contributed by atoms with Crippen LogP contribution in [0, 0.1) is 6.92 Å². The maximum atomic E-state index is 12.8. The van der Waals surface area contributed by atoms with E-state index in [-0.39, 0.29) is 18.1 Å². The number of ether oxygens (including phenoxy) is 2. The molecule has 0 fully saturated rings. The van der Waals surface area contributed by atoms with Gasteiger partial charge in [-0.3, -0.25) is 9.78 Å². The number of anilines is 1. The van der Waals surface area contributed by atoms with E-state index in [1.165, 1.54) is 0 Å². The number of pyridine rings is 1. The van der Waals surface area contributed by atoms with E-state index < -0.39 is 0 Å². The number of rotatable bonds is 7. The summed E-state index contributed by atoms with van der Waals surface area (Å²) in [5, 5.41) is 3.55. The number of carbonyl (C=O) groups is 1. The molecule has 0 saturated heterocycles. The molecule has 0 aliphatic carbocycles. The molecular formula is C24H25ClN2O3. The highest BCUT2D eigenvalue weighted by atomic mass is 35.5. The van der Waals surface area contributed by atoms with E-state index in [1.54, 1.807) is 36.4 Å². The molecule has 6 heteroatoms. The van der Waals surface area contributed by atoms with Crippen LogP contribution in [0.1, 0.15) is 48.6 Å². The van der Waals surface area contributed by atoms with Gasteiger partial charge in [-0.15, -0.1) is 0 Å². The molecule has 0 saturated carbocycles. The number of benzene rings is 2. The van der Waals surface area contributed by atoms with E-state index in [2.05, 4.69) is 10.3 Å². The Morgan fingerprint density at radius 3 is 2.40 bits per heavy atom. The van der Waals surface area contributed by atoms with E-state index in [0.29, 0.717) is 33.5 Å². The van der Waals surface area contributed by atoms with Gasteiger partial charge in [-0.25, -0.2) is 0 Å². The van der Waals surface area contributed by atoms with Crippen molar-refractivity contribution in [2.45, 2.75) is 39.9 Å². The van der Waals surface area contributed by atoms with E-state index >= 15 is 0 Å². The molecule has 0 bridgehead atoms. The molecule has 2 aromatic carbocycles. The smallest absolute Gasteiger partial charge is 0.257 e. The Labute approximate surface area is 182 Å². The van der Waals surface area contributed by atoms with Gasteiger partial charge in [0.25, 0.3) is 5.91 Å². The first kappa shape index (κ1) is 21.8. The highest BCUT2D eigenvalue weighted by Crippen LogP contribution is 2.26. The Morgan fingerprint density at radius 1 is 1.00 bits per heavy atom. The maximum Gasteiger partial charge on any atom is 0.257 e. The van der Waals surface area contributed by atoms with E-state index in [1.807, 2.05) is 52.0 Å². The van der Waals surface area contributed by atoms with Crippen LogP contribution in [0.4, 0.5) is 5.69 Å². The number of hydrogen-bond acceptors (Lipinski definition) is 4. The van der Waals surface area contributed by atoms with Crippen LogP contribution >= 0.6 is 11.6 Å². The summed E-state index contributed by atoms with van der Waals surface area (Å²) in [6, 6.07) is 17.9.